The summed E-state index contributed by atoms with van der Waals surface area (Å²) in [7, 11) is 1.62. The van der Waals surface area contributed by atoms with Gasteiger partial charge >= 0.3 is 0 Å². The molecule has 1 amide bonds. The third-order valence-corrected chi connectivity index (χ3v) is 3.61. The molecule has 1 aromatic heterocycles. The van der Waals surface area contributed by atoms with Crippen molar-refractivity contribution in [1.82, 2.24) is 4.57 Å². The molecule has 0 bridgehead atoms. The van der Waals surface area contributed by atoms with Crippen LogP contribution in [0.25, 0.3) is 10.9 Å². The van der Waals surface area contributed by atoms with Crippen molar-refractivity contribution in [2.45, 2.75) is 13.5 Å². The van der Waals surface area contributed by atoms with Crippen LogP contribution >= 0.6 is 0 Å². The van der Waals surface area contributed by atoms with E-state index < -0.39 is 0 Å². The molecule has 0 saturated heterocycles. The van der Waals surface area contributed by atoms with Gasteiger partial charge in [0.15, 0.2) is 0 Å². The minimum Gasteiger partial charge on any atom is -0.497 e. The summed E-state index contributed by atoms with van der Waals surface area (Å²) in [6.45, 7) is 2.35. The van der Waals surface area contributed by atoms with Gasteiger partial charge in [0.1, 0.15) is 12.3 Å². The number of hydrogen-bond acceptors (Lipinski definition) is 2. The van der Waals surface area contributed by atoms with E-state index in [1.807, 2.05) is 47.2 Å². The minimum absolute atomic E-state index is 0.0526. The fourth-order valence-corrected chi connectivity index (χ4v) is 2.49. The van der Waals surface area contributed by atoms with E-state index in [2.05, 4.69) is 24.4 Å². The minimum atomic E-state index is -0.0526. The van der Waals surface area contributed by atoms with E-state index in [-0.39, 0.29) is 5.91 Å². The molecule has 0 aliphatic heterocycles. The van der Waals surface area contributed by atoms with E-state index in [1.54, 1.807) is 7.11 Å². The Hall–Kier alpha value is -2.75. The summed E-state index contributed by atoms with van der Waals surface area (Å²) in [6, 6.07) is 15.6. The highest BCUT2D eigenvalue weighted by atomic mass is 16.5. The van der Waals surface area contributed by atoms with Crippen molar-refractivity contribution in [2.24, 2.45) is 0 Å². The summed E-state index contributed by atoms with van der Waals surface area (Å²) in [5, 5.41) is 4.04. The predicted molar refractivity (Wildman–Crippen MR) is 88.3 cm³/mol. The molecule has 0 radical (unpaired) electrons. The van der Waals surface area contributed by atoms with Crippen molar-refractivity contribution < 1.29 is 9.53 Å². The Labute approximate surface area is 129 Å². The Bertz CT molecular complexity index is 804. The zero-order valence-electron chi connectivity index (χ0n) is 12.7. The van der Waals surface area contributed by atoms with Gasteiger partial charge in [-0.1, -0.05) is 11.6 Å². The smallest absolute Gasteiger partial charge is 0.244 e. The maximum Gasteiger partial charge on any atom is 0.244 e. The van der Waals surface area contributed by atoms with Crippen LogP contribution in [0.15, 0.2) is 54.7 Å². The number of aryl methyl sites for hydroxylation is 1. The topological polar surface area (TPSA) is 43.3 Å². The first-order chi connectivity index (χ1) is 10.7. The summed E-state index contributed by atoms with van der Waals surface area (Å²) in [6.07, 6.45) is 1.94. The van der Waals surface area contributed by atoms with Gasteiger partial charge in [-0.05, 0) is 54.8 Å². The molecule has 22 heavy (non-hydrogen) atoms. The van der Waals surface area contributed by atoms with Gasteiger partial charge in [-0.25, -0.2) is 0 Å². The number of carbonyl (C=O) groups excluding carboxylic acids is 1. The van der Waals surface area contributed by atoms with Crippen LogP contribution in [0.3, 0.4) is 0 Å². The molecule has 1 N–H and O–H groups in total. The standard InChI is InChI=1S/C18H18N2O2/c1-13-3-8-17-14(11-13)9-10-20(17)12-18(21)19-15-4-6-16(22-2)7-5-15/h3-11H,12H2,1-2H3,(H,19,21). The second-order valence-corrected chi connectivity index (χ2v) is 5.28. The van der Waals surface area contributed by atoms with Gasteiger partial charge in [-0.2, -0.15) is 0 Å². The molecule has 2 aromatic carbocycles. The lowest BCUT2D eigenvalue weighted by Gasteiger charge is -2.08. The van der Waals surface area contributed by atoms with Crippen LogP contribution < -0.4 is 10.1 Å². The molecule has 0 saturated carbocycles. The number of fused-ring (bicyclic) bond motifs is 1. The van der Waals surface area contributed by atoms with Gasteiger partial charge in [0, 0.05) is 17.4 Å². The van der Waals surface area contributed by atoms with Gasteiger partial charge in [-0.15, -0.1) is 0 Å². The summed E-state index contributed by atoms with van der Waals surface area (Å²) in [5.74, 6) is 0.716. The van der Waals surface area contributed by atoms with E-state index in [0.717, 1.165) is 22.3 Å². The van der Waals surface area contributed by atoms with Gasteiger partial charge in [0.2, 0.25) is 5.91 Å². The van der Waals surface area contributed by atoms with Crippen LogP contribution in [-0.4, -0.2) is 17.6 Å². The zero-order chi connectivity index (χ0) is 15.5. The summed E-state index contributed by atoms with van der Waals surface area (Å²) in [4.78, 5) is 12.2. The monoisotopic (exact) mass is 294 g/mol. The van der Waals surface area contributed by atoms with E-state index in [4.69, 9.17) is 4.74 Å². The number of nitrogens with one attached hydrogen (secondary N) is 1. The lowest BCUT2D eigenvalue weighted by atomic mass is 10.2. The van der Waals surface area contributed by atoms with Crippen molar-refractivity contribution >= 4 is 22.5 Å². The van der Waals surface area contributed by atoms with Crippen LogP contribution in [0.5, 0.6) is 5.75 Å². The fraction of sp³-hybridized carbons (Fsp3) is 0.167. The maximum atomic E-state index is 12.2. The number of nitrogens with zero attached hydrogens (tertiary/aromatic N) is 1. The molecule has 0 spiro atoms. The molecule has 0 atom stereocenters. The van der Waals surface area contributed by atoms with Crippen molar-refractivity contribution in [3.8, 4) is 5.75 Å². The third-order valence-electron chi connectivity index (χ3n) is 3.61. The van der Waals surface area contributed by atoms with E-state index >= 15 is 0 Å². The van der Waals surface area contributed by atoms with Crippen LogP contribution in [0.1, 0.15) is 5.56 Å². The van der Waals surface area contributed by atoms with Crippen LogP contribution in [-0.2, 0) is 11.3 Å². The first-order valence-corrected chi connectivity index (χ1v) is 7.15. The molecule has 0 fully saturated rings. The number of methoxy groups -OCH3 is 1. The third kappa shape index (κ3) is 2.96. The number of hydrogen-bond donors (Lipinski definition) is 1. The molecule has 3 aromatic rings. The van der Waals surface area contributed by atoms with Crippen LogP contribution in [0.2, 0.25) is 0 Å². The first kappa shape index (κ1) is 14.2. The highest BCUT2D eigenvalue weighted by Crippen LogP contribution is 2.18. The van der Waals surface area contributed by atoms with Crippen molar-refractivity contribution in [1.29, 1.82) is 0 Å². The Kier molecular flexibility index (Phi) is 3.83. The van der Waals surface area contributed by atoms with Gasteiger partial charge in [0.05, 0.1) is 7.11 Å². The van der Waals surface area contributed by atoms with E-state index in [0.29, 0.717) is 6.54 Å². The number of anilines is 1. The number of amides is 1. The number of benzene rings is 2. The highest BCUT2D eigenvalue weighted by molar-refractivity contribution is 5.92. The lowest BCUT2D eigenvalue weighted by Crippen LogP contribution is -2.18. The molecule has 0 aliphatic carbocycles. The highest BCUT2D eigenvalue weighted by Gasteiger charge is 2.07. The molecule has 4 nitrogen and oxygen atoms in total. The van der Waals surface area contributed by atoms with Gasteiger partial charge < -0.3 is 14.6 Å². The lowest BCUT2D eigenvalue weighted by molar-refractivity contribution is -0.116. The normalized spacial score (nSPS) is 10.6. The maximum absolute atomic E-state index is 12.2. The Balaban J connectivity index is 1.72. The summed E-state index contributed by atoms with van der Waals surface area (Å²) < 4.78 is 7.05. The quantitative estimate of drug-likeness (QED) is 0.799. The van der Waals surface area contributed by atoms with Crippen molar-refractivity contribution in [3.05, 3.63) is 60.3 Å². The zero-order valence-corrected chi connectivity index (χ0v) is 12.7. The molecule has 1 heterocycles. The number of ether oxygens (including phenoxy) is 1. The van der Waals surface area contributed by atoms with Crippen molar-refractivity contribution in [2.75, 3.05) is 12.4 Å². The van der Waals surface area contributed by atoms with Gasteiger partial charge in [-0.3, -0.25) is 4.79 Å². The summed E-state index contributed by atoms with van der Waals surface area (Å²) in [5.41, 5.74) is 3.04. The molecule has 4 heteroatoms. The first-order valence-electron chi connectivity index (χ1n) is 7.15. The van der Waals surface area contributed by atoms with Crippen molar-refractivity contribution in [3.63, 3.8) is 0 Å². The predicted octanol–water partition coefficient (Wildman–Crippen LogP) is 3.60. The second-order valence-electron chi connectivity index (χ2n) is 5.28. The number of carbonyl (C=O) groups is 1. The van der Waals surface area contributed by atoms with Crippen LogP contribution in [0.4, 0.5) is 5.69 Å². The summed E-state index contributed by atoms with van der Waals surface area (Å²) >= 11 is 0. The van der Waals surface area contributed by atoms with E-state index in [1.165, 1.54) is 5.56 Å². The molecule has 112 valence electrons. The average Bonchev–Trinajstić information content (AvgIpc) is 2.90. The number of aromatic nitrogens is 1. The van der Waals surface area contributed by atoms with Crippen LogP contribution in [0, 0.1) is 6.92 Å². The molecule has 0 aliphatic rings. The van der Waals surface area contributed by atoms with E-state index in [9.17, 15) is 4.79 Å². The fourth-order valence-electron chi connectivity index (χ4n) is 2.49. The number of rotatable bonds is 4. The Morgan fingerprint density at radius 1 is 1.14 bits per heavy atom. The Morgan fingerprint density at radius 3 is 2.64 bits per heavy atom. The second kappa shape index (κ2) is 5.93. The molecular weight excluding hydrogens is 276 g/mol. The Morgan fingerprint density at radius 2 is 1.91 bits per heavy atom. The molecule has 0 unspecified atom stereocenters. The SMILES string of the molecule is COc1ccc(NC(=O)Cn2ccc3cc(C)ccc32)cc1. The van der Waals surface area contributed by atoms with Gasteiger partial charge in [0.25, 0.3) is 0 Å². The average molecular weight is 294 g/mol. The molecular formula is C18H18N2O2. The largest absolute Gasteiger partial charge is 0.497 e. The molecule has 3 rings (SSSR count).